The monoisotopic (exact) mass is 286 g/mol. The van der Waals surface area contributed by atoms with Crippen LogP contribution in [0.3, 0.4) is 0 Å². The molecule has 0 aromatic heterocycles. The van der Waals surface area contributed by atoms with E-state index in [9.17, 15) is 19.2 Å². The van der Waals surface area contributed by atoms with E-state index in [1.54, 1.807) is 0 Å². The molecular weight excluding hydrogens is 268 g/mol. The molecule has 0 aromatic carbocycles. The number of piperidine rings is 1. The molecule has 0 bridgehead atoms. The van der Waals surface area contributed by atoms with E-state index >= 15 is 0 Å². The highest BCUT2D eigenvalue weighted by Crippen LogP contribution is 2.03. The van der Waals surface area contributed by atoms with Gasteiger partial charge in [-0.25, -0.2) is 9.59 Å². The molecule has 2 atom stereocenters. The van der Waals surface area contributed by atoms with E-state index in [2.05, 4.69) is 16.0 Å². The Morgan fingerprint density at radius 3 is 2.70 bits per heavy atom. The minimum atomic E-state index is -1.27. The number of hydrogen-bond donors (Lipinski definition) is 5. The molecule has 1 saturated heterocycles. The van der Waals surface area contributed by atoms with E-state index in [1.165, 1.54) is 0 Å². The van der Waals surface area contributed by atoms with Crippen molar-refractivity contribution in [2.75, 3.05) is 6.54 Å². The maximum atomic E-state index is 11.6. The first-order chi connectivity index (χ1) is 9.40. The van der Waals surface area contributed by atoms with Gasteiger partial charge in [0.25, 0.3) is 0 Å². The largest absolute Gasteiger partial charge is 0.480 e. The maximum absolute atomic E-state index is 11.6. The van der Waals surface area contributed by atoms with Crippen molar-refractivity contribution in [2.24, 2.45) is 5.73 Å². The van der Waals surface area contributed by atoms with E-state index in [0.717, 1.165) is 6.42 Å². The van der Waals surface area contributed by atoms with Crippen molar-refractivity contribution < 1.29 is 24.3 Å². The Hall–Kier alpha value is -2.32. The molecule has 20 heavy (non-hydrogen) atoms. The van der Waals surface area contributed by atoms with Crippen LogP contribution in [0, 0.1) is 0 Å². The Kier molecular flexibility index (Phi) is 5.75. The molecule has 1 fully saturated rings. The van der Waals surface area contributed by atoms with Crippen LogP contribution in [0.25, 0.3) is 0 Å². The molecule has 6 N–H and O–H groups in total. The van der Waals surface area contributed by atoms with Gasteiger partial charge in [0.05, 0.1) is 0 Å². The Bertz CT molecular complexity index is 412. The fraction of sp³-hybridized carbons (Fsp3) is 0.636. The summed E-state index contributed by atoms with van der Waals surface area (Å²) in [6, 6.07) is -2.66. The number of nitrogens with two attached hydrogens (primary N) is 1. The van der Waals surface area contributed by atoms with Crippen molar-refractivity contribution >= 4 is 23.8 Å². The second-order valence-electron chi connectivity index (χ2n) is 4.50. The van der Waals surface area contributed by atoms with Crippen LogP contribution in [0.4, 0.5) is 4.79 Å². The van der Waals surface area contributed by atoms with Gasteiger partial charge < -0.3 is 26.8 Å². The summed E-state index contributed by atoms with van der Waals surface area (Å²) >= 11 is 0. The van der Waals surface area contributed by atoms with Gasteiger partial charge in [-0.1, -0.05) is 0 Å². The third-order valence-electron chi connectivity index (χ3n) is 2.87. The molecule has 1 rings (SSSR count). The SMILES string of the molecule is NC(=O)CCC(NC(=O)NC1CCCNC1=O)C(=O)O. The number of hydrogen-bond acceptors (Lipinski definition) is 4. The molecule has 4 amide bonds. The highest BCUT2D eigenvalue weighted by Gasteiger charge is 2.26. The van der Waals surface area contributed by atoms with E-state index in [0.29, 0.717) is 13.0 Å². The zero-order valence-electron chi connectivity index (χ0n) is 10.8. The van der Waals surface area contributed by atoms with Crippen LogP contribution in [0.5, 0.6) is 0 Å². The fourth-order valence-electron chi connectivity index (χ4n) is 1.81. The Balaban J connectivity index is 2.46. The van der Waals surface area contributed by atoms with Gasteiger partial charge in [0, 0.05) is 13.0 Å². The van der Waals surface area contributed by atoms with Crippen LogP contribution >= 0.6 is 0 Å². The van der Waals surface area contributed by atoms with Gasteiger partial charge >= 0.3 is 12.0 Å². The molecule has 0 aromatic rings. The normalized spacial score (nSPS) is 19.6. The van der Waals surface area contributed by atoms with Crippen molar-refractivity contribution in [1.29, 1.82) is 0 Å². The van der Waals surface area contributed by atoms with Crippen molar-refractivity contribution in [3.8, 4) is 0 Å². The number of primary amides is 1. The lowest BCUT2D eigenvalue weighted by Crippen LogP contribution is -2.55. The third-order valence-corrected chi connectivity index (χ3v) is 2.87. The number of carboxylic acids is 1. The van der Waals surface area contributed by atoms with Crippen LogP contribution in [0.1, 0.15) is 25.7 Å². The van der Waals surface area contributed by atoms with Gasteiger partial charge in [-0.2, -0.15) is 0 Å². The van der Waals surface area contributed by atoms with Crippen LogP contribution < -0.4 is 21.7 Å². The van der Waals surface area contributed by atoms with Gasteiger partial charge in [-0.3, -0.25) is 9.59 Å². The number of aliphatic carboxylic acids is 1. The fourth-order valence-corrected chi connectivity index (χ4v) is 1.81. The molecular formula is C11H18N4O5. The van der Waals surface area contributed by atoms with Crippen molar-refractivity contribution in [2.45, 2.75) is 37.8 Å². The smallest absolute Gasteiger partial charge is 0.326 e. The zero-order chi connectivity index (χ0) is 15.1. The summed E-state index contributed by atoms with van der Waals surface area (Å²) < 4.78 is 0. The summed E-state index contributed by atoms with van der Waals surface area (Å²) in [6.45, 7) is 0.564. The predicted octanol–water partition coefficient (Wildman–Crippen LogP) is -1.72. The lowest BCUT2D eigenvalue weighted by molar-refractivity contribution is -0.139. The number of nitrogens with one attached hydrogen (secondary N) is 3. The standard InChI is InChI=1S/C11H18N4O5/c12-8(16)4-3-7(10(18)19)15-11(20)14-6-2-1-5-13-9(6)17/h6-7H,1-5H2,(H2,12,16)(H,13,17)(H,18,19)(H2,14,15,20). The Morgan fingerprint density at radius 2 is 2.15 bits per heavy atom. The van der Waals surface area contributed by atoms with Gasteiger partial charge in [-0.15, -0.1) is 0 Å². The molecule has 0 spiro atoms. The number of carbonyl (C=O) groups is 4. The van der Waals surface area contributed by atoms with Crippen molar-refractivity contribution in [3.05, 3.63) is 0 Å². The van der Waals surface area contributed by atoms with Gasteiger partial charge in [0.15, 0.2) is 0 Å². The van der Waals surface area contributed by atoms with Gasteiger partial charge in [0.1, 0.15) is 12.1 Å². The second-order valence-corrected chi connectivity index (χ2v) is 4.50. The van der Waals surface area contributed by atoms with Crippen LogP contribution in [0.15, 0.2) is 0 Å². The van der Waals surface area contributed by atoms with Gasteiger partial charge in [-0.05, 0) is 19.3 Å². The molecule has 2 unspecified atom stereocenters. The lowest BCUT2D eigenvalue weighted by atomic mass is 10.1. The molecule has 9 nitrogen and oxygen atoms in total. The van der Waals surface area contributed by atoms with E-state index in [-0.39, 0.29) is 18.7 Å². The number of amides is 4. The van der Waals surface area contributed by atoms with Crippen LogP contribution in [-0.2, 0) is 14.4 Å². The Labute approximate surface area is 115 Å². The van der Waals surface area contributed by atoms with Gasteiger partial charge in [0.2, 0.25) is 11.8 Å². The molecule has 9 heteroatoms. The summed E-state index contributed by atoms with van der Waals surface area (Å²) in [6.07, 6.45) is 0.981. The Morgan fingerprint density at radius 1 is 1.45 bits per heavy atom. The van der Waals surface area contributed by atoms with Crippen molar-refractivity contribution in [3.63, 3.8) is 0 Å². The van der Waals surface area contributed by atoms with Crippen LogP contribution in [0.2, 0.25) is 0 Å². The number of rotatable bonds is 6. The first-order valence-electron chi connectivity index (χ1n) is 6.26. The number of carbonyl (C=O) groups excluding carboxylic acids is 3. The highest BCUT2D eigenvalue weighted by atomic mass is 16.4. The predicted molar refractivity (Wildman–Crippen MR) is 67.6 cm³/mol. The topological polar surface area (TPSA) is 151 Å². The molecule has 0 radical (unpaired) electrons. The summed E-state index contributed by atoms with van der Waals surface area (Å²) in [5.41, 5.74) is 4.93. The average Bonchev–Trinajstić information content (AvgIpc) is 2.36. The quantitative estimate of drug-likeness (QED) is 0.393. The summed E-state index contributed by atoms with van der Waals surface area (Å²) in [5, 5.41) is 16.1. The molecule has 112 valence electrons. The molecule has 1 aliphatic heterocycles. The summed E-state index contributed by atoms with van der Waals surface area (Å²) in [5.74, 6) is -2.21. The lowest BCUT2D eigenvalue weighted by Gasteiger charge is -2.23. The summed E-state index contributed by atoms with van der Waals surface area (Å²) in [4.78, 5) is 44.6. The first-order valence-corrected chi connectivity index (χ1v) is 6.26. The van der Waals surface area contributed by atoms with Crippen LogP contribution in [-0.4, -0.2) is 47.5 Å². The minimum Gasteiger partial charge on any atom is -0.480 e. The van der Waals surface area contributed by atoms with E-state index in [1.807, 2.05) is 0 Å². The minimum absolute atomic E-state index is 0.102. The average molecular weight is 286 g/mol. The van der Waals surface area contributed by atoms with E-state index < -0.39 is 30.0 Å². The van der Waals surface area contributed by atoms with E-state index in [4.69, 9.17) is 10.8 Å². The molecule has 0 saturated carbocycles. The first kappa shape index (κ1) is 15.7. The van der Waals surface area contributed by atoms with Crippen molar-refractivity contribution in [1.82, 2.24) is 16.0 Å². The number of carboxylic acid groups (broad SMARTS) is 1. The molecule has 1 aliphatic rings. The second kappa shape index (κ2) is 7.31. The highest BCUT2D eigenvalue weighted by molar-refractivity contribution is 5.89. The molecule has 1 heterocycles. The third kappa shape index (κ3) is 5.12. The number of urea groups is 1. The maximum Gasteiger partial charge on any atom is 0.326 e. The summed E-state index contributed by atoms with van der Waals surface area (Å²) in [7, 11) is 0. The molecule has 0 aliphatic carbocycles. The zero-order valence-corrected chi connectivity index (χ0v) is 10.8.